The van der Waals surface area contributed by atoms with Crippen molar-refractivity contribution in [3.63, 3.8) is 0 Å². The van der Waals surface area contributed by atoms with Gasteiger partial charge in [0, 0.05) is 11.6 Å². The average Bonchev–Trinajstić information content (AvgIpc) is 2.55. The normalized spacial score (nSPS) is 34.5. The first kappa shape index (κ1) is 14.5. The predicted octanol–water partition coefficient (Wildman–Crippen LogP) is 2.54. The highest BCUT2D eigenvalue weighted by molar-refractivity contribution is 6.02. The number of ether oxygens (including phenoxy) is 1. The van der Waals surface area contributed by atoms with Gasteiger partial charge < -0.3 is 15.4 Å². The van der Waals surface area contributed by atoms with Crippen LogP contribution in [0.1, 0.15) is 43.0 Å². The van der Waals surface area contributed by atoms with Crippen LogP contribution in [0.2, 0.25) is 0 Å². The summed E-state index contributed by atoms with van der Waals surface area (Å²) in [5, 5.41) is 6.79. The second-order valence-corrected chi connectivity index (χ2v) is 6.93. The lowest BCUT2D eigenvalue weighted by Crippen LogP contribution is -2.67. The van der Waals surface area contributed by atoms with Gasteiger partial charge in [0.2, 0.25) is 0 Å². The van der Waals surface area contributed by atoms with E-state index in [1.165, 1.54) is 0 Å². The number of anilines is 1. The molecule has 0 radical (unpaired) electrons. The molecule has 4 atom stereocenters. The van der Waals surface area contributed by atoms with Gasteiger partial charge in [-0.25, -0.2) is 0 Å². The maximum atomic E-state index is 12.5. The number of carbonyl (C=O) groups is 2. The van der Waals surface area contributed by atoms with Crippen LogP contribution < -0.4 is 10.6 Å². The molecule has 4 aliphatic rings. The summed E-state index contributed by atoms with van der Waals surface area (Å²) in [7, 11) is 0. The number of benzene rings is 1. The van der Waals surface area contributed by atoms with E-state index in [1.54, 1.807) is 0 Å². The number of amides is 1. The highest BCUT2D eigenvalue weighted by atomic mass is 16.5. The van der Waals surface area contributed by atoms with E-state index in [2.05, 4.69) is 10.6 Å². The van der Waals surface area contributed by atoms with E-state index in [4.69, 9.17) is 4.74 Å². The fraction of sp³-hybridized carbons (Fsp3) is 0.556. The summed E-state index contributed by atoms with van der Waals surface area (Å²) in [5.74, 6) is 0.436. The molecule has 1 aromatic rings. The molecule has 122 valence electrons. The van der Waals surface area contributed by atoms with Gasteiger partial charge in [-0.1, -0.05) is 12.1 Å². The van der Waals surface area contributed by atoms with Gasteiger partial charge >= 0.3 is 5.97 Å². The Hall–Kier alpha value is -2.04. The standard InChI is InChI=1S/C18H22N2O3/c1-2-23-17(22)14-9-12-8-7-11(14)10-18(12)19-15-6-4-3-5-13(15)16(21)20-18/h3-6,11-12,14,19H,2,7-10H2,1H3,(H,20,21)/t11-,12+,14+,18-/m0/s1. The lowest BCUT2D eigenvalue weighted by atomic mass is 9.59. The number of rotatable bonds is 2. The Balaban J connectivity index is 1.61. The second-order valence-electron chi connectivity index (χ2n) is 6.93. The van der Waals surface area contributed by atoms with Crippen molar-refractivity contribution in [2.75, 3.05) is 11.9 Å². The molecule has 5 nitrogen and oxygen atoms in total. The number of esters is 1. The van der Waals surface area contributed by atoms with Crippen molar-refractivity contribution in [2.45, 2.75) is 38.3 Å². The summed E-state index contributed by atoms with van der Waals surface area (Å²) in [6.45, 7) is 2.28. The van der Waals surface area contributed by atoms with Gasteiger partial charge in [0.1, 0.15) is 5.66 Å². The van der Waals surface area contributed by atoms with Gasteiger partial charge in [0.25, 0.3) is 5.91 Å². The minimum absolute atomic E-state index is 0.0143. The van der Waals surface area contributed by atoms with E-state index < -0.39 is 5.66 Å². The molecule has 1 aromatic carbocycles. The van der Waals surface area contributed by atoms with Crippen molar-refractivity contribution in [3.05, 3.63) is 29.8 Å². The molecule has 0 unspecified atom stereocenters. The molecule has 5 rings (SSSR count). The van der Waals surface area contributed by atoms with E-state index in [1.807, 2.05) is 31.2 Å². The van der Waals surface area contributed by atoms with Crippen molar-refractivity contribution >= 4 is 17.6 Å². The summed E-state index contributed by atoms with van der Waals surface area (Å²) in [5.41, 5.74) is 1.19. The third-order valence-corrected chi connectivity index (χ3v) is 5.73. The molecular formula is C18H22N2O3. The summed E-state index contributed by atoms with van der Waals surface area (Å²) in [6.07, 6.45) is 3.66. The second kappa shape index (κ2) is 5.25. The minimum Gasteiger partial charge on any atom is -0.466 e. The first-order chi connectivity index (χ1) is 11.1. The predicted molar refractivity (Wildman–Crippen MR) is 85.8 cm³/mol. The maximum absolute atomic E-state index is 12.5. The molecule has 3 fully saturated rings. The third kappa shape index (κ3) is 2.21. The van der Waals surface area contributed by atoms with E-state index in [0.29, 0.717) is 12.2 Å². The van der Waals surface area contributed by atoms with E-state index in [9.17, 15) is 9.59 Å². The Morgan fingerprint density at radius 2 is 2.13 bits per heavy atom. The van der Waals surface area contributed by atoms with Gasteiger partial charge in [-0.15, -0.1) is 0 Å². The molecular weight excluding hydrogens is 292 g/mol. The van der Waals surface area contributed by atoms with Crippen molar-refractivity contribution in [3.8, 4) is 0 Å². The number of nitrogens with one attached hydrogen (secondary N) is 2. The van der Waals surface area contributed by atoms with Gasteiger partial charge in [-0.05, 0) is 50.7 Å². The Morgan fingerprint density at radius 3 is 2.87 bits per heavy atom. The summed E-state index contributed by atoms with van der Waals surface area (Å²) >= 11 is 0. The number of para-hydroxylation sites is 1. The quantitative estimate of drug-likeness (QED) is 0.823. The monoisotopic (exact) mass is 314 g/mol. The number of hydrogen-bond acceptors (Lipinski definition) is 4. The Labute approximate surface area is 135 Å². The largest absolute Gasteiger partial charge is 0.466 e. The van der Waals surface area contributed by atoms with Crippen LogP contribution in [0, 0.1) is 17.8 Å². The molecule has 0 aromatic heterocycles. The molecule has 3 saturated carbocycles. The summed E-state index contributed by atoms with van der Waals surface area (Å²) in [6, 6.07) is 7.62. The fourth-order valence-electron chi connectivity index (χ4n) is 4.68. The zero-order valence-electron chi connectivity index (χ0n) is 13.3. The molecule has 23 heavy (non-hydrogen) atoms. The number of fused-ring (bicyclic) bond motifs is 3. The molecule has 3 aliphatic carbocycles. The third-order valence-electron chi connectivity index (χ3n) is 5.73. The zero-order valence-corrected chi connectivity index (χ0v) is 13.3. The molecule has 1 spiro atoms. The Morgan fingerprint density at radius 1 is 1.30 bits per heavy atom. The SMILES string of the molecule is CCOC(=O)[C@@H]1C[C@H]2CC[C@H]1C[C@]21NC(=O)c2ccccc2N1. The first-order valence-electron chi connectivity index (χ1n) is 8.49. The zero-order chi connectivity index (χ0) is 16.0. The summed E-state index contributed by atoms with van der Waals surface area (Å²) in [4.78, 5) is 24.7. The smallest absolute Gasteiger partial charge is 0.309 e. The Kier molecular flexibility index (Phi) is 3.32. The molecule has 1 aliphatic heterocycles. The van der Waals surface area contributed by atoms with Crippen LogP contribution in [0.3, 0.4) is 0 Å². The molecule has 0 saturated heterocycles. The molecule has 5 heteroatoms. The van der Waals surface area contributed by atoms with Crippen LogP contribution in [-0.4, -0.2) is 24.1 Å². The van der Waals surface area contributed by atoms with Gasteiger partial charge in [0.05, 0.1) is 18.1 Å². The number of hydrogen-bond donors (Lipinski definition) is 2. The van der Waals surface area contributed by atoms with Crippen molar-refractivity contribution < 1.29 is 14.3 Å². The van der Waals surface area contributed by atoms with Crippen LogP contribution in [0.15, 0.2) is 24.3 Å². The van der Waals surface area contributed by atoms with Crippen LogP contribution >= 0.6 is 0 Å². The lowest BCUT2D eigenvalue weighted by Gasteiger charge is -2.56. The number of carbonyl (C=O) groups excluding carboxylic acids is 2. The first-order valence-corrected chi connectivity index (χ1v) is 8.49. The molecule has 1 amide bonds. The highest BCUT2D eigenvalue weighted by Gasteiger charge is 2.55. The van der Waals surface area contributed by atoms with Gasteiger partial charge in [-0.2, -0.15) is 0 Å². The van der Waals surface area contributed by atoms with Crippen molar-refractivity contribution in [1.29, 1.82) is 0 Å². The lowest BCUT2D eigenvalue weighted by molar-refractivity contribution is -0.155. The van der Waals surface area contributed by atoms with Crippen molar-refractivity contribution in [2.24, 2.45) is 17.8 Å². The van der Waals surface area contributed by atoms with Gasteiger partial charge in [0.15, 0.2) is 0 Å². The van der Waals surface area contributed by atoms with Crippen LogP contribution in [0.25, 0.3) is 0 Å². The molecule has 2 bridgehead atoms. The van der Waals surface area contributed by atoms with Crippen molar-refractivity contribution in [1.82, 2.24) is 5.32 Å². The molecule has 1 heterocycles. The topological polar surface area (TPSA) is 67.4 Å². The Bertz CT molecular complexity index is 659. The van der Waals surface area contributed by atoms with Crippen LogP contribution in [0.5, 0.6) is 0 Å². The maximum Gasteiger partial charge on any atom is 0.309 e. The van der Waals surface area contributed by atoms with Crippen LogP contribution in [-0.2, 0) is 9.53 Å². The van der Waals surface area contributed by atoms with E-state index in [0.717, 1.165) is 31.4 Å². The average molecular weight is 314 g/mol. The van der Waals surface area contributed by atoms with E-state index in [-0.39, 0.29) is 29.6 Å². The highest BCUT2D eigenvalue weighted by Crippen LogP contribution is 2.52. The molecule has 2 N–H and O–H groups in total. The van der Waals surface area contributed by atoms with E-state index >= 15 is 0 Å². The minimum atomic E-state index is -0.405. The van der Waals surface area contributed by atoms with Gasteiger partial charge in [-0.3, -0.25) is 9.59 Å². The van der Waals surface area contributed by atoms with Crippen LogP contribution in [0.4, 0.5) is 5.69 Å². The fourth-order valence-corrected chi connectivity index (χ4v) is 4.68. The summed E-state index contributed by atoms with van der Waals surface area (Å²) < 4.78 is 5.24.